The summed E-state index contributed by atoms with van der Waals surface area (Å²) in [6.45, 7) is 2.07. The Hall–Kier alpha value is -0.120. The highest BCUT2D eigenvalue weighted by Crippen LogP contribution is 2.27. The van der Waals surface area contributed by atoms with E-state index in [0.29, 0.717) is 0 Å². The minimum atomic E-state index is 1.16. The summed E-state index contributed by atoms with van der Waals surface area (Å²) in [6.07, 6.45) is 2.06. The van der Waals surface area contributed by atoms with Crippen LogP contribution in [0.5, 0.6) is 0 Å². The van der Waals surface area contributed by atoms with E-state index in [0.717, 1.165) is 4.90 Å². The first-order chi connectivity index (χ1) is 5.27. The number of hydrogen-bond donors (Lipinski definition) is 1. The van der Waals surface area contributed by atoms with Crippen LogP contribution in [0, 0.1) is 6.92 Å². The minimum absolute atomic E-state index is 1.16. The van der Waals surface area contributed by atoms with Crippen molar-refractivity contribution in [3.8, 4) is 0 Å². The molecule has 0 aliphatic carbocycles. The molecule has 0 radical (unpaired) electrons. The van der Waals surface area contributed by atoms with E-state index in [1.807, 2.05) is 0 Å². The van der Waals surface area contributed by atoms with Crippen molar-refractivity contribution < 1.29 is 0 Å². The Morgan fingerprint density at radius 1 is 1.27 bits per heavy atom. The smallest absolute Gasteiger partial charge is 0.0364 e. The van der Waals surface area contributed by atoms with Gasteiger partial charge in [-0.2, -0.15) is 0 Å². The lowest BCUT2D eigenvalue weighted by molar-refractivity contribution is 1.21. The molecular weight excluding hydrogens is 174 g/mol. The second-order valence-electron chi connectivity index (χ2n) is 2.27. The highest BCUT2D eigenvalue weighted by molar-refractivity contribution is 8.01. The lowest BCUT2D eigenvalue weighted by Gasteiger charge is -2.03. The molecule has 60 valence electrons. The van der Waals surface area contributed by atoms with E-state index in [9.17, 15) is 0 Å². The van der Waals surface area contributed by atoms with Gasteiger partial charge in [0.1, 0.15) is 0 Å². The summed E-state index contributed by atoms with van der Waals surface area (Å²) in [7, 11) is 0. The first-order valence-corrected chi connectivity index (χ1v) is 5.39. The van der Waals surface area contributed by atoms with Gasteiger partial charge < -0.3 is 0 Å². The predicted molar refractivity (Wildman–Crippen MR) is 53.0 cm³/mol. The third kappa shape index (κ3) is 2.15. The summed E-state index contributed by atoms with van der Waals surface area (Å²) < 4.78 is 0. The molecule has 0 spiro atoms. The van der Waals surface area contributed by atoms with Crippen molar-refractivity contribution in [2.45, 2.75) is 16.7 Å². The molecule has 0 saturated carbocycles. The number of aryl methyl sites for hydroxylation is 1. The maximum Gasteiger partial charge on any atom is 0.0364 e. The zero-order valence-electron chi connectivity index (χ0n) is 6.63. The molecule has 0 atom stereocenters. The van der Waals surface area contributed by atoms with Gasteiger partial charge in [-0.25, -0.2) is 0 Å². The SMILES string of the molecule is CSc1ccc(C)cc1SN. The second kappa shape index (κ2) is 4.04. The molecule has 0 fully saturated rings. The van der Waals surface area contributed by atoms with Gasteiger partial charge in [0.2, 0.25) is 0 Å². The first-order valence-electron chi connectivity index (χ1n) is 3.29. The Kier molecular flexibility index (Phi) is 3.30. The Labute approximate surface area is 75.9 Å². The number of rotatable bonds is 2. The van der Waals surface area contributed by atoms with Crippen molar-refractivity contribution >= 4 is 23.7 Å². The lowest BCUT2D eigenvalue weighted by atomic mass is 10.2. The molecular formula is C8H11NS2. The average Bonchev–Trinajstić information content (AvgIpc) is 2.04. The van der Waals surface area contributed by atoms with Crippen LogP contribution in [0.4, 0.5) is 0 Å². The van der Waals surface area contributed by atoms with Crippen molar-refractivity contribution in [1.82, 2.24) is 0 Å². The Bertz CT molecular complexity index is 248. The van der Waals surface area contributed by atoms with Crippen LogP contribution in [-0.4, -0.2) is 6.26 Å². The van der Waals surface area contributed by atoms with Gasteiger partial charge in [-0.3, -0.25) is 5.14 Å². The Balaban J connectivity index is 3.06. The van der Waals surface area contributed by atoms with Crippen LogP contribution >= 0.6 is 23.7 Å². The molecule has 0 amide bonds. The molecule has 0 bridgehead atoms. The maximum absolute atomic E-state index is 5.50. The van der Waals surface area contributed by atoms with Crippen molar-refractivity contribution in [3.63, 3.8) is 0 Å². The Morgan fingerprint density at radius 3 is 2.55 bits per heavy atom. The normalized spacial score (nSPS) is 10.1. The third-order valence-electron chi connectivity index (χ3n) is 1.45. The topological polar surface area (TPSA) is 26.0 Å². The minimum Gasteiger partial charge on any atom is -0.274 e. The largest absolute Gasteiger partial charge is 0.274 e. The quantitative estimate of drug-likeness (QED) is 0.566. The highest BCUT2D eigenvalue weighted by atomic mass is 32.2. The number of hydrogen-bond acceptors (Lipinski definition) is 3. The molecule has 1 aromatic carbocycles. The molecule has 1 nitrogen and oxygen atoms in total. The van der Waals surface area contributed by atoms with Crippen molar-refractivity contribution in [2.24, 2.45) is 5.14 Å². The molecule has 1 aromatic rings. The summed E-state index contributed by atoms with van der Waals surface area (Å²) in [4.78, 5) is 2.42. The molecule has 0 saturated heterocycles. The van der Waals surface area contributed by atoms with E-state index in [2.05, 4.69) is 31.4 Å². The van der Waals surface area contributed by atoms with Crippen molar-refractivity contribution in [2.75, 3.05) is 6.26 Å². The molecule has 0 unspecified atom stereocenters. The van der Waals surface area contributed by atoms with E-state index < -0.39 is 0 Å². The predicted octanol–water partition coefficient (Wildman–Crippen LogP) is 2.68. The van der Waals surface area contributed by atoms with Gasteiger partial charge in [-0.1, -0.05) is 6.07 Å². The molecule has 0 aromatic heterocycles. The summed E-state index contributed by atoms with van der Waals surface area (Å²) >= 11 is 3.04. The second-order valence-corrected chi connectivity index (χ2v) is 3.80. The first kappa shape index (κ1) is 8.97. The van der Waals surface area contributed by atoms with Crippen LogP contribution in [0.15, 0.2) is 28.0 Å². The molecule has 3 heteroatoms. The van der Waals surface area contributed by atoms with Crippen LogP contribution in [0.25, 0.3) is 0 Å². The zero-order chi connectivity index (χ0) is 8.27. The number of thioether (sulfide) groups is 1. The van der Waals surface area contributed by atoms with Crippen molar-refractivity contribution in [1.29, 1.82) is 0 Å². The molecule has 0 aliphatic rings. The highest BCUT2D eigenvalue weighted by Gasteiger charge is 1.99. The summed E-state index contributed by atoms with van der Waals surface area (Å²) in [5.41, 5.74) is 1.26. The van der Waals surface area contributed by atoms with E-state index >= 15 is 0 Å². The van der Waals surface area contributed by atoms with Crippen LogP contribution in [0.2, 0.25) is 0 Å². The third-order valence-corrected chi connectivity index (χ3v) is 2.96. The fourth-order valence-electron chi connectivity index (χ4n) is 0.876. The van der Waals surface area contributed by atoms with Crippen molar-refractivity contribution in [3.05, 3.63) is 23.8 Å². The average molecular weight is 185 g/mol. The van der Waals surface area contributed by atoms with E-state index in [1.54, 1.807) is 11.8 Å². The lowest BCUT2D eigenvalue weighted by Crippen LogP contribution is -1.84. The van der Waals surface area contributed by atoms with E-state index in [-0.39, 0.29) is 0 Å². The summed E-state index contributed by atoms with van der Waals surface area (Å²) in [5.74, 6) is 0. The summed E-state index contributed by atoms with van der Waals surface area (Å²) in [6, 6.07) is 6.32. The van der Waals surface area contributed by atoms with Gasteiger partial charge in [-0.05, 0) is 42.8 Å². The van der Waals surface area contributed by atoms with Crippen LogP contribution in [0.3, 0.4) is 0 Å². The van der Waals surface area contributed by atoms with Crippen LogP contribution in [0.1, 0.15) is 5.56 Å². The van der Waals surface area contributed by atoms with E-state index in [4.69, 9.17) is 5.14 Å². The van der Waals surface area contributed by atoms with Crippen LogP contribution < -0.4 is 5.14 Å². The fourth-order valence-corrected chi connectivity index (χ4v) is 2.17. The van der Waals surface area contributed by atoms with Gasteiger partial charge in [0, 0.05) is 9.79 Å². The molecule has 1 rings (SSSR count). The van der Waals surface area contributed by atoms with Gasteiger partial charge in [0.15, 0.2) is 0 Å². The molecule has 11 heavy (non-hydrogen) atoms. The van der Waals surface area contributed by atoms with Gasteiger partial charge >= 0.3 is 0 Å². The standard InChI is InChI=1S/C8H11NS2/c1-6-3-4-7(10-2)8(5-6)11-9/h3-5H,9H2,1-2H3. The Morgan fingerprint density at radius 2 is 2.00 bits per heavy atom. The number of benzene rings is 1. The monoisotopic (exact) mass is 185 g/mol. The molecule has 0 aliphatic heterocycles. The molecule has 0 heterocycles. The van der Waals surface area contributed by atoms with Gasteiger partial charge in [0.25, 0.3) is 0 Å². The van der Waals surface area contributed by atoms with Gasteiger partial charge in [0.05, 0.1) is 0 Å². The zero-order valence-corrected chi connectivity index (χ0v) is 8.26. The fraction of sp³-hybridized carbons (Fsp3) is 0.250. The maximum atomic E-state index is 5.50. The summed E-state index contributed by atoms with van der Waals surface area (Å²) in [5, 5.41) is 5.50. The van der Waals surface area contributed by atoms with Crippen LogP contribution in [-0.2, 0) is 0 Å². The number of nitrogens with two attached hydrogens (primary N) is 1. The van der Waals surface area contributed by atoms with Gasteiger partial charge in [-0.15, -0.1) is 11.8 Å². The molecule has 2 N–H and O–H groups in total. The van der Waals surface area contributed by atoms with E-state index in [1.165, 1.54) is 22.4 Å².